The van der Waals surface area contributed by atoms with Gasteiger partial charge in [0.1, 0.15) is 5.69 Å². The standard InChI is InChI=1S/C13H20N4O4S/c1-9-5-10(7-14)8-16(9)12-4-3-11(22(20,21)15-2)6-13(12)17(18)19/h3-4,6,9-10,15H,5,7-8,14H2,1-2H3. The number of nitrogens with one attached hydrogen (secondary N) is 1. The Morgan fingerprint density at radius 2 is 2.18 bits per heavy atom. The molecule has 0 aromatic heterocycles. The van der Waals surface area contributed by atoms with Crippen molar-refractivity contribution in [3.8, 4) is 0 Å². The normalized spacial score (nSPS) is 22.0. The predicted molar refractivity (Wildman–Crippen MR) is 83.3 cm³/mol. The lowest BCUT2D eigenvalue weighted by atomic mass is 10.1. The van der Waals surface area contributed by atoms with Gasteiger partial charge in [-0.1, -0.05) is 0 Å². The van der Waals surface area contributed by atoms with Crippen LogP contribution in [0.3, 0.4) is 0 Å². The summed E-state index contributed by atoms with van der Waals surface area (Å²) in [6.45, 7) is 3.15. The fourth-order valence-electron chi connectivity index (χ4n) is 2.83. The van der Waals surface area contributed by atoms with E-state index in [1.54, 1.807) is 0 Å². The minimum Gasteiger partial charge on any atom is -0.363 e. The second-order valence-electron chi connectivity index (χ2n) is 5.45. The monoisotopic (exact) mass is 328 g/mol. The Hall–Kier alpha value is -1.71. The molecule has 1 aliphatic rings. The summed E-state index contributed by atoms with van der Waals surface area (Å²) in [5, 5.41) is 11.3. The highest BCUT2D eigenvalue weighted by atomic mass is 32.2. The van der Waals surface area contributed by atoms with Crippen LogP contribution in [0.4, 0.5) is 11.4 Å². The van der Waals surface area contributed by atoms with E-state index in [-0.39, 0.29) is 22.5 Å². The minimum atomic E-state index is -3.72. The third-order valence-electron chi connectivity index (χ3n) is 4.03. The molecular formula is C13H20N4O4S. The van der Waals surface area contributed by atoms with Crippen molar-refractivity contribution in [2.75, 3.05) is 25.0 Å². The Morgan fingerprint density at radius 1 is 1.50 bits per heavy atom. The number of rotatable bonds is 5. The number of nitro benzene ring substituents is 1. The average molecular weight is 328 g/mol. The van der Waals surface area contributed by atoms with Gasteiger partial charge in [-0.15, -0.1) is 0 Å². The largest absolute Gasteiger partial charge is 0.363 e. The van der Waals surface area contributed by atoms with Crippen molar-refractivity contribution in [1.82, 2.24) is 4.72 Å². The van der Waals surface area contributed by atoms with E-state index < -0.39 is 14.9 Å². The summed E-state index contributed by atoms with van der Waals surface area (Å²) in [4.78, 5) is 12.6. The summed E-state index contributed by atoms with van der Waals surface area (Å²) in [5.41, 5.74) is 5.91. The second-order valence-corrected chi connectivity index (χ2v) is 7.34. The van der Waals surface area contributed by atoms with E-state index in [0.29, 0.717) is 18.8 Å². The molecule has 0 amide bonds. The van der Waals surface area contributed by atoms with Gasteiger partial charge in [0, 0.05) is 18.7 Å². The third kappa shape index (κ3) is 3.06. The Morgan fingerprint density at radius 3 is 2.68 bits per heavy atom. The molecule has 0 radical (unpaired) electrons. The fourth-order valence-corrected chi connectivity index (χ4v) is 3.58. The van der Waals surface area contributed by atoms with Crippen molar-refractivity contribution in [3.05, 3.63) is 28.3 Å². The van der Waals surface area contributed by atoms with Gasteiger partial charge >= 0.3 is 0 Å². The van der Waals surface area contributed by atoms with Gasteiger partial charge in [0.05, 0.1) is 9.82 Å². The zero-order valence-electron chi connectivity index (χ0n) is 12.5. The van der Waals surface area contributed by atoms with E-state index in [9.17, 15) is 18.5 Å². The Bertz CT molecular complexity index is 677. The molecule has 0 spiro atoms. The molecule has 0 saturated carbocycles. The number of benzene rings is 1. The molecule has 1 heterocycles. The Kier molecular flexibility index (Phi) is 4.69. The second kappa shape index (κ2) is 6.19. The number of hydrogen-bond acceptors (Lipinski definition) is 6. The van der Waals surface area contributed by atoms with Gasteiger partial charge in [-0.3, -0.25) is 10.1 Å². The minimum absolute atomic E-state index is 0.118. The maximum absolute atomic E-state index is 11.8. The lowest BCUT2D eigenvalue weighted by Gasteiger charge is -2.23. The molecule has 0 bridgehead atoms. The van der Waals surface area contributed by atoms with Gasteiger partial charge in [0.2, 0.25) is 10.0 Å². The van der Waals surface area contributed by atoms with Crippen LogP contribution in [0.15, 0.2) is 23.1 Å². The van der Waals surface area contributed by atoms with E-state index in [1.807, 2.05) is 11.8 Å². The van der Waals surface area contributed by atoms with Gasteiger partial charge in [0.25, 0.3) is 5.69 Å². The first-order valence-electron chi connectivity index (χ1n) is 6.98. The quantitative estimate of drug-likeness (QED) is 0.606. The predicted octanol–water partition coefficient (Wildman–Crippen LogP) is 0.676. The molecule has 22 heavy (non-hydrogen) atoms. The molecule has 2 atom stereocenters. The zero-order chi connectivity index (χ0) is 16.5. The summed E-state index contributed by atoms with van der Waals surface area (Å²) in [7, 11) is -2.45. The third-order valence-corrected chi connectivity index (χ3v) is 5.44. The number of nitrogens with zero attached hydrogens (tertiary/aromatic N) is 2. The molecule has 1 aliphatic heterocycles. The summed E-state index contributed by atoms with van der Waals surface area (Å²) in [6.07, 6.45) is 0.865. The zero-order valence-corrected chi connectivity index (χ0v) is 13.3. The average Bonchev–Trinajstić information content (AvgIpc) is 2.87. The van der Waals surface area contributed by atoms with Gasteiger partial charge < -0.3 is 10.6 Å². The number of anilines is 1. The molecule has 9 heteroatoms. The van der Waals surface area contributed by atoms with E-state index in [2.05, 4.69) is 4.72 Å². The molecule has 1 aromatic carbocycles. The van der Waals surface area contributed by atoms with Crippen molar-refractivity contribution in [2.45, 2.75) is 24.3 Å². The first-order valence-corrected chi connectivity index (χ1v) is 8.47. The highest BCUT2D eigenvalue weighted by Crippen LogP contribution is 2.36. The molecule has 1 fully saturated rings. The van der Waals surface area contributed by atoms with Gasteiger partial charge in [-0.05, 0) is 45.0 Å². The molecule has 3 N–H and O–H groups in total. The van der Waals surface area contributed by atoms with Crippen molar-refractivity contribution in [1.29, 1.82) is 0 Å². The van der Waals surface area contributed by atoms with E-state index in [0.717, 1.165) is 12.5 Å². The van der Waals surface area contributed by atoms with Gasteiger partial charge in [0.15, 0.2) is 0 Å². The van der Waals surface area contributed by atoms with Gasteiger partial charge in [-0.25, -0.2) is 13.1 Å². The SMILES string of the molecule is CNS(=O)(=O)c1ccc(N2CC(CN)CC2C)c([N+](=O)[O-])c1. The summed E-state index contributed by atoms with van der Waals surface area (Å²) >= 11 is 0. The maximum atomic E-state index is 11.8. The first kappa shape index (κ1) is 16.7. The molecule has 2 rings (SSSR count). The highest BCUT2D eigenvalue weighted by Gasteiger charge is 2.33. The van der Waals surface area contributed by atoms with Crippen LogP contribution < -0.4 is 15.4 Å². The number of hydrogen-bond donors (Lipinski definition) is 2. The van der Waals surface area contributed by atoms with Crippen LogP contribution >= 0.6 is 0 Å². The highest BCUT2D eigenvalue weighted by molar-refractivity contribution is 7.89. The first-order chi connectivity index (χ1) is 10.3. The van der Waals surface area contributed by atoms with Gasteiger partial charge in [-0.2, -0.15) is 0 Å². The molecule has 1 aromatic rings. The molecular weight excluding hydrogens is 308 g/mol. The van der Waals surface area contributed by atoms with E-state index in [1.165, 1.54) is 19.2 Å². The van der Waals surface area contributed by atoms with E-state index >= 15 is 0 Å². The van der Waals surface area contributed by atoms with Crippen LogP contribution in [0.2, 0.25) is 0 Å². The molecule has 0 aliphatic carbocycles. The molecule has 8 nitrogen and oxygen atoms in total. The Labute approximate surface area is 129 Å². The van der Waals surface area contributed by atoms with Crippen molar-refractivity contribution >= 4 is 21.4 Å². The summed E-state index contributed by atoms with van der Waals surface area (Å²) in [6, 6.07) is 4.11. The number of nitro groups is 1. The smallest absolute Gasteiger partial charge is 0.293 e. The van der Waals surface area contributed by atoms with Crippen LogP contribution in [-0.4, -0.2) is 39.5 Å². The van der Waals surface area contributed by atoms with Crippen molar-refractivity contribution < 1.29 is 13.3 Å². The summed E-state index contributed by atoms with van der Waals surface area (Å²) in [5.74, 6) is 0.287. The van der Waals surface area contributed by atoms with Crippen molar-refractivity contribution in [2.24, 2.45) is 11.7 Å². The maximum Gasteiger partial charge on any atom is 0.293 e. The fraction of sp³-hybridized carbons (Fsp3) is 0.538. The lowest BCUT2D eigenvalue weighted by Crippen LogP contribution is -2.28. The number of sulfonamides is 1. The molecule has 122 valence electrons. The van der Waals surface area contributed by atoms with Crippen LogP contribution in [0.25, 0.3) is 0 Å². The number of nitrogens with two attached hydrogens (primary N) is 1. The molecule has 2 unspecified atom stereocenters. The van der Waals surface area contributed by atoms with Crippen molar-refractivity contribution in [3.63, 3.8) is 0 Å². The van der Waals surface area contributed by atoms with Crippen LogP contribution in [0.1, 0.15) is 13.3 Å². The molecule has 1 saturated heterocycles. The van der Waals surface area contributed by atoms with Crippen LogP contribution in [-0.2, 0) is 10.0 Å². The lowest BCUT2D eigenvalue weighted by molar-refractivity contribution is -0.384. The summed E-state index contributed by atoms with van der Waals surface area (Å²) < 4.78 is 25.8. The topological polar surface area (TPSA) is 119 Å². The van der Waals surface area contributed by atoms with Crippen LogP contribution in [0.5, 0.6) is 0 Å². The Balaban J connectivity index is 2.47. The van der Waals surface area contributed by atoms with Crippen LogP contribution in [0, 0.1) is 16.0 Å². The van der Waals surface area contributed by atoms with E-state index in [4.69, 9.17) is 5.73 Å².